The van der Waals surface area contributed by atoms with E-state index in [1.165, 1.54) is 5.56 Å². The van der Waals surface area contributed by atoms with Crippen LogP contribution in [0.3, 0.4) is 0 Å². The van der Waals surface area contributed by atoms with Crippen LogP contribution >= 0.6 is 0 Å². The van der Waals surface area contributed by atoms with Crippen molar-refractivity contribution in [2.75, 3.05) is 51.1 Å². The van der Waals surface area contributed by atoms with E-state index in [4.69, 9.17) is 14.7 Å². The Morgan fingerprint density at radius 2 is 1.83 bits per heavy atom. The summed E-state index contributed by atoms with van der Waals surface area (Å²) in [4.78, 5) is 28.0. The fourth-order valence-electron chi connectivity index (χ4n) is 4.60. The van der Waals surface area contributed by atoms with Gasteiger partial charge in [-0.25, -0.2) is 24.9 Å². The minimum Gasteiger partial charge on any atom is -0.383 e. The summed E-state index contributed by atoms with van der Waals surface area (Å²) in [7, 11) is 5.59. The van der Waals surface area contributed by atoms with Crippen LogP contribution in [0.25, 0.3) is 11.2 Å². The summed E-state index contributed by atoms with van der Waals surface area (Å²) >= 11 is 0. The van der Waals surface area contributed by atoms with E-state index in [0.717, 1.165) is 54.3 Å². The van der Waals surface area contributed by atoms with Gasteiger partial charge in [0.1, 0.15) is 11.3 Å². The zero-order chi connectivity index (χ0) is 24.9. The van der Waals surface area contributed by atoms with Crippen molar-refractivity contribution in [2.45, 2.75) is 32.0 Å². The number of fused-ring (bicyclic) bond motifs is 1. The van der Waals surface area contributed by atoms with E-state index in [0.29, 0.717) is 25.6 Å². The van der Waals surface area contributed by atoms with Crippen LogP contribution in [0.15, 0.2) is 49.1 Å². The Hall–Kier alpha value is -3.63. The van der Waals surface area contributed by atoms with E-state index in [-0.39, 0.29) is 6.04 Å². The SMILES string of the molecule is COCCNc1nc(C2CCCN2Cc2cnc(N(C)C)nc2)nc2c1ncn2Cc1ccccc1. The van der Waals surface area contributed by atoms with Crippen molar-refractivity contribution in [3.8, 4) is 0 Å². The van der Waals surface area contributed by atoms with Gasteiger partial charge in [0.05, 0.1) is 25.5 Å². The van der Waals surface area contributed by atoms with Crippen LogP contribution in [0.5, 0.6) is 0 Å². The molecule has 0 bridgehead atoms. The first-order valence-corrected chi connectivity index (χ1v) is 12.3. The molecule has 1 aromatic carbocycles. The molecule has 1 aliphatic heterocycles. The lowest BCUT2D eigenvalue weighted by Crippen LogP contribution is -2.25. The first-order valence-electron chi connectivity index (χ1n) is 12.3. The maximum atomic E-state index is 5.24. The molecule has 5 rings (SSSR count). The number of nitrogens with zero attached hydrogens (tertiary/aromatic N) is 8. The van der Waals surface area contributed by atoms with Crippen LogP contribution < -0.4 is 10.2 Å². The highest BCUT2D eigenvalue weighted by Gasteiger charge is 2.30. The largest absolute Gasteiger partial charge is 0.383 e. The molecule has 0 spiro atoms. The second-order valence-corrected chi connectivity index (χ2v) is 9.29. The Kier molecular flexibility index (Phi) is 7.33. The summed E-state index contributed by atoms with van der Waals surface area (Å²) in [5, 5.41) is 3.42. The quantitative estimate of drug-likeness (QED) is 0.338. The Balaban J connectivity index is 1.45. The van der Waals surface area contributed by atoms with Gasteiger partial charge in [0.15, 0.2) is 11.5 Å². The third-order valence-electron chi connectivity index (χ3n) is 6.41. The normalized spacial score (nSPS) is 16.0. The minimum absolute atomic E-state index is 0.117. The molecule has 0 aliphatic carbocycles. The zero-order valence-corrected chi connectivity index (χ0v) is 21.1. The maximum absolute atomic E-state index is 5.24. The Bertz CT molecular complexity index is 1270. The van der Waals surface area contributed by atoms with Gasteiger partial charge < -0.3 is 19.5 Å². The standard InChI is InChI=1S/C26H33N9O/c1-33(2)26-28-14-20(15-29-26)17-34-12-7-10-21(34)23-31-24(27-11-13-36-3)22-25(32-23)35(18-30-22)16-19-8-5-4-6-9-19/h4-6,8-9,14-15,18,21H,7,10-13,16-17H2,1-3H3,(H,27,31,32). The molecule has 10 nitrogen and oxygen atoms in total. The number of likely N-dealkylation sites (tertiary alicyclic amines) is 1. The van der Waals surface area contributed by atoms with E-state index in [2.05, 4.69) is 54.0 Å². The van der Waals surface area contributed by atoms with E-state index < -0.39 is 0 Å². The van der Waals surface area contributed by atoms with Gasteiger partial charge in [0, 0.05) is 52.3 Å². The molecule has 0 amide bonds. The van der Waals surface area contributed by atoms with Crippen molar-refractivity contribution in [3.63, 3.8) is 0 Å². The smallest absolute Gasteiger partial charge is 0.224 e. The molecule has 0 radical (unpaired) electrons. The van der Waals surface area contributed by atoms with Crippen molar-refractivity contribution in [1.29, 1.82) is 0 Å². The van der Waals surface area contributed by atoms with Crippen LogP contribution in [0.1, 0.15) is 35.8 Å². The molecule has 1 saturated heterocycles. The van der Waals surface area contributed by atoms with Gasteiger partial charge in [-0.15, -0.1) is 0 Å². The number of aromatic nitrogens is 6. The van der Waals surface area contributed by atoms with Gasteiger partial charge >= 0.3 is 0 Å². The molecule has 1 N–H and O–H groups in total. The second-order valence-electron chi connectivity index (χ2n) is 9.29. The van der Waals surface area contributed by atoms with Gasteiger partial charge in [-0.1, -0.05) is 30.3 Å². The lowest BCUT2D eigenvalue weighted by atomic mass is 10.2. The molecular weight excluding hydrogens is 454 g/mol. The highest BCUT2D eigenvalue weighted by molar-refractivity contribution is 5.83. The average molecular weight is 488 g/mol. The lowest BCUT2D eigenvalue weighted by molar-refractivity contribution is 0.210. The van der Waals surface area contributed by atoms with Gasteiger partial charge in [-0.05, 0) is 24.9 Å². The predicted octanol–water partition coefficient (Wildman–Crippen LogP) is 3.13. The second kappa shape index (κ2) is 11.0. The van der Waals surface area contributed by atoms with Crippen molar-refractivity contribution in [1.82, 2.24) is 34.4 Å². The molecule has 1 fully saturated rings. The highest BCUT2D eigenvalue weighted by atomic mass is 16.5. The zero-order valence-electron chi connectivity index (χ0n) is 21.1. The Labute approximate surface area is 211 Å². The van der Waals surface area contributed by atoms with Gasteiger partial charge in [-0.3, -0.25) is 4.90 Å². The summed E-state index contributed by atoms with van der Waals surface area (Å²) in [5.41, 5.74) is 3.91. The van der Waals surface area contributed by atoms with E-state index >= 15 is 0 Å². The van der Waals surface area contributed by atoms with Crippen LogP contribution in [-0.2, 0) is 17.8 Å². The number of nitrogens with one attached hydrogen (secondary N) is 1. The molecular formula is C26H33N9O. The predicted molar refractivity (Wildman–Crippen MR) is 140 cm³/mol. The summed E-state index contributed by atoms with van der Waals surface area (Å²) in [5.74, 6) is 2.29. The van der Waals surface area contributed by atoms with Gasteiger partial charge in [0.25, 0.3) is 0 Å². The molecule has 36 heavy (non-hydrogen) atoms. The number of rotatable bonds is 10. The average Bonchev–Trinajstić information content (AvgIpc) is 3.52. The third-order valence-corrected chi connectivity index (χ3v) is 6.41. The summed E-state index contributed by atoms with van der Waals surface area (Å²) in [6.07, 6.45) is 7.78. The number of hydrogen-bond acceptors (Lipinski definition) is 9. The molecule has 1 atom stereocenters. The van der Waals surface area contributed by atoms with Crippen molar-refractivity contribution < 1.29 is 4.74 Å². The third kappa shape index (κ3) is 5.29. The van der Waals surface area contributed by atoms with Gasteiger partial charge in [0.2, 0.25) is 5.95 Å². The summed E-state index contributed by atoms with van der Waals surface area (Å²) in [6.45, 7) is 3.68. The molecule has 4 heterocycles. The van der Waals surface area contributed by atoms with Crippen LogP contribution in [0, 0.1) is 0 Å². The minimum atomic E-state index is 0.117. The fraction of sp³-hybridized carbons (Fsp3) is 0.423. The molecule has 3 aromatic heterocycles. The first kappa shape index (κ1) is 24.1. The Morgan fingerprint density at radius 3 is 2.58 bits per heavy atom. The topological polar surface area (TPSA) is 97.1 Å². The number of benzene rings is 1. The molecule has 0 saturated carbocycles. The summed E-state index contributed by atoms with van der Waals surface area (Å²) < 4.78 is 7.34. The first-order chi connectivity index (χ1) is 17.6. The van der Waals surface area contributed by atoms with Crippen molar-refractivity contribution in [2.24, 2.45) is 0 Å². The molecule has 10 heteroatoms. The van der Waals surface area contributed by atoms with Crippen LogP contribution in [0.4, 0.5) is 11.8 Å². The van der Waals surface area contributed by atoms with Crippen molar-refractivity contribution >= 4 is 22.9 Å². The molecule has 4 aromatic rings. The van der Waals surface area contributed by atoms with Crippen LogP contribution in [0.2, 0.25) is 0 Å². The van der Waals surface area contributed by atoms with Crippen molar-refractivity contribution in [3.05, 3.63) is 66.0 Å². The maximum Gasteiger partial charge on any atom is 0.224 e. The molecule has 188 valence electrons. The van der Waals surface area contributed by atoms with Gasteiger partial charge in [-0.2, -0.15) is 0 Å². The number of hydrogen-bond donors (Lipinski definition) is 1. The van der Waals surface area contributed by atoms with Crippen LogP contribution in [-0.4, -0.2) is 75.3 Å². The Morgan fingerprint density at radius 1 is 1.03 bits per heavy atom. The fourth-order valence-corrected chi connectivity index (χ4v) is 4.60. The van der Waals surface area contributed by atoms with E-state index in [1.807, 2.05) is 43.8 Å². The summed E-state index contributed by atoms with van der Waals surface area (Å²) in [6, 6.07) is 10.5. The number of ether oxygens (including phenoxy) is 1. The molecule has 1 unspecified atom stereocenters. The lowest BCUT2D eigenvalue weighted by Gasteiger charge is -2.24. The number of methoxy groups -OCH3 is 1. The number of imidazole rings is 1. The highest BCUT2D eigenvalue weighted by Crippen LogP contribution is 2.33. The van der Waals surface area contributed by atoms with E-state index in [9.17, 15) is 0 Å². The molecule has 1 aliphatic rings. The van der Waals surface area contributed by atoms with E-state index in [1.54, 1.807) is 7.11 Å². The monoisotopic (exact) mass is 487 g/mol. The number of anilines is 2.